The highest BCUT2D eigenvalue weighted by Gasteiger charge is 2.21. The molecule has 1 saturated heterocycles. The smallest absolute Gasteiger partial charge is 0.259 e. The second-order valence-corrected chi connectivity index (χ2v) is 8.84. The van der Waals surface area contributed by atoms with Gasteiger partial charge in [0, 0.05) is 36.1 Å². The molecule has 1 N–H and O–H groups in total. The van der Waals surface area contributed by atoms with Crippen molar-refractivity contribution in [2.75, 3.05) is 25.5 Å². The zero-order chi connectivity index (χ0) is 24.9. The summed E-state index contributed by atoms with van der Waals surface area (Å²) in [6.45, 7) is 2.10. The molecule has 1 aromatic heterocycles. The van der Waals surface area contributed by atoms with Crippen molar-refractivity contribution in [3.63, 3.8) is 0 Å². The molecule has 182 valence electrons. The first-order valence-electron chi connectivity index (χ1n) is 12.1. The molecule has 1 aliphatic rings. The van der Waals surface area contributed by atoms with Crippen LogP contribution in [0.4, 0.5) is 5.69 Å². The molecule has 1 aliphatic heterocycles. The molecule has 2 heterocycles. The molecule has 7 nitrogen and oxygen atoms in total. The summed E-state index contributed by atoms with van der Waals surface area (Å²) < 4.78 is 7.05. The number of methoxy groups -OCH3 is 1. The molecular formula is C29H28N4O3. The minimum atomic E-state index is -0.286. The SMILES string of the molecule is COc1ccc(-c2nn(Cc3ccccc3)cc2C(=O)Nc2cccc(C(=O)N3CCCC3)c2)cc1. The van der Waals surface area contributed by atoms with Gasteiger partial charge in [-0.15, -0.1) is 0 Å². The number of carbonyl (C=O) groups is 2. The number of aromatic nitrogens is 2. The Hall–Kier alpha value is -4.39. The zero-order valence-corrected chi connectivity index (χ0v) is 20.2. The molecule has 0 aliphatic carbocycles. The van der Waals surface area contributed by atoms with Gasteiger partial charge in [-0.2, -0.15) is 5.10 Å². The second kappa shape index (κ2) is 10.5. The molecule has 2 amide bonds. The van der Waals surface area contributed by atoms with Gasteiger partial charge in [0.1, 0.15) is 11.4 Å². The minimum absolute atomic E-state index is 0.00167. The van der Waals surface area contributed by atoms with Crippen LogP contribution in [-0.4, -0.2) is 46.7 Å². The first kappa shape index (κ1) is 23.4. The van der Waals surface area contributed by atoms with Crippen molar-refractivity contribution in [1.29, 1.82) is 0 Å². The van der Waals surface area contributed by atoms with Crippen molar-refractivity contribution in [2.24, 2.45) is 0 Å². The quantitative estimate of drug-likeness (QED) is 0.400. The van der Waals surface area contributed by atoms with E-state index < -0.39 is 0 Å². The van der Waals surface area contributed by atoms with Gasteiger partial charge in [-0.1, -0.05) is 36.4 Å². The minimum Gasteiger partial charge on any atom is -0.497 e. The van der Waals surface area contributed by atoms with Gasteiger partial charge in [-0.25, -0.2) is 0 Å². The Labute approximate surface area is 210 Å². The van der Waals surface area contributed by atoms with Gasteiger partial charge in [0.2, 0.25) is 0 Å². The van der Waals surface area contributed by atoms with Gasteiger partial charge in [0.15, 0.2) is 0 Å². The van der Waals surface area contributed by atoms with Crippen molar-refractivity contribution in [1.82, 2.24) is 14.7 Å². The lowest BCUT2D eigenvalue weighted by Gasteiger charge is -2.15. The van der Waals surface area contributed by atoms with Crippen molar-refractivity contribution in [3.05, 3.63) is 102 Å². The Morgan fingerprint density at radius 3 is 2.42 bits per heavy atom. The summed E-state index contributed by atoms with van der Waals surface area (Å²) in [5, 5.41) is 7.71. The van der Waals surface area contributed by atoms with Gasteiger partial charge in [0.05, 0.1) is 19.2 Å². The number of likely N-dealkylation sites (tertiary alicyclic amines) is 1. The number of carbonyl (C=O) groups excluding carboxylic acids is 2. The third kappa shape index (κ3) is 5.15. The van der Waals surface area contributed by atoms with Gasteiger partial charge in [-0.05, 0) is 60.9 Å². The van der Waals surface area contributed by atoms with E-state index in [1.165, 1.54) is 0 Å². The normalized spacial score (nSPS) is 13.0. The standard InChI is InChI=1S/C29H28N4O3/c1-36-25-14-12-22(13-15-25)27-26(20-33(31-27)19-21-8-3-2-4-9-21)28(34)30-24-11-7-10-23(18-24)29(35)32-16-5-6-17-32/h2-4,7-15,18,20H,5-6,16-17,19H2,1H3,(H,30,34). The molecule has 0 radical (unpaired) electrons. The number of hydrogen-bond donors (Lipinski definition) is 1. The molecule has 0 bridgehead atoms. The summed E-state index contributed by atoms with van der Waals surface area (Å²) in [5.74, 6) is 0.442. The van der Waals surface area contributed by atoms with Crippen LogP contribution in [0, 0.1) is 0 Å². The molecule has 1 fully saturated rings. The van der Waals surface area contributed by atoms with E-state index in [4.69, 9.17) is 9.84 Å². The summed E-state index contributed by atoms with van der Waals surface area (Å²) in [6, 6.07) is 24.6. The van der Waals surface area contributed by atoms with Gasteiger partial charge < -0.3 is 15.0 Å². The van der Waals surface area contributed by atoms with Crippen LogP contribution in [0.2, 0.25) is 0 Å². The summed E-state index contributed by atoms with van der Waals surface area (Å²) in [5.41, 5.74) is 4.07. The summed E-state index contributed by atoms with van der Waals surface area (Å²) in [6.07, 6.45) is 3.83. The highest BCUT2D eigenvalue weighted by molar-refractivity contribution is 6.08. The fourth-order valence-electron chi connectivity index (χ4n) is 4.43. The molecule has 0 saturated carbocycles. The Morgan fingerprint density at radius 1 is 0.944 bits per heavy atom. The third-order valence-corrected chi connectivity index (χ3v) is 6.32. The van der Waals surface area contributed by atoms with Crippen LogP contribution in [0.5, 0.6) is 5.75 Å². The van der Waals surface area contributed by atoms with Crippen LogP contribution in [0.3, 0.4) is 0 Å². The highest BCUT2D eigenvalue weighted by atomic mass is 16.5. The maximum atomic E-state index is 13.5. The van der Waals surface area contributed by atoms with Crippen molar-refractivity contribution in [2.45, 2.75) is 19.4 Å². The Kier molecular flexibility index (Phi) is 6.80. The fraction of sp³-hybridized carbons (Fsp3) is 0.207. The van der Waals surface area contributed by atoms with E-state index in [-0.39, 0.29) is 11.8 Å². The molecule has 0 unspecified atom stereocenters. The van der Waals surface area contributed by atoms with E-state index in [2.05, 4.69) is 5.32 Å². The summed E-state index contributed by atoms with van der Waals surface area (Å²) >= 11 is 0. The Morgan fingerprint density at radius 2 is 1.69 bits per heavy atom. The van der Waals surface area contributed by atoms with Gasteiger partial charge in [0.25, 0.3) is 11.8 Å². The number of benzene rings is 3. The zero-order valence-electron chi connectivity index (χ0n) is 20.2. The maximum absolute atomic E-state index is 13.5. The topological polar surface area (TPSA) is 76.5 Å². The van der Waals surface area contributed by atoms with Gasteiger partial charge in [-0.3, -0.25) is 14.3 Å². The number of amides is 2. The summed E-state index contributed by atoms with van der Waals surface area (Å²) in [7, 11) is 1.62. The number of nitrogens with zero attached hydrogens (tertiary/aromatic N) is 3. The molecule has 7 heteroatoms. The Balaban J connectivity index is 1.43. The van der Waals surface area contributed by atoms with Crippen LogP contribution in [0.25, 0.3) is 11.3 Å². The molecular weight excluding hydrogens is 452 g/mol. The average Bonchev–Trinajstić information content (AvgIpc) is 3.60. The van der Waals surface area contributed by atoms with Gasteiger partial charge >= 0.3 is 0 Å². The van der Waals surface area contributed by atoms with E-state index >= 15 is 0 Å². The molecule has 3 aromatic carbocycles. The number of rotatable bonds is 7. The largest absolute Gasteiger partial charge is 0.497 e. The molecule has 5 rings (SSSR count). The predicted octanol–water partition coefficient (Wildman–Crippen LogP) is 5.10. The van der Waals surface area contributed by atoms with E-state index in [1.807, 2.05) is 59.5 Å². The Bertz CT molecular complexity index is 1360. The number of ether oxygens (including phenoxy) is 1. The molecule has 0 atom stereocenters. The molecule has 36 heavy (non-hydrogen) atoms. The highest BCUT2D eigenvalue weighted by Crippen LogP contribution is 2.26. The van der Waals surface area contributed by atoms with Crippen LogP contribution in [-0.2, 0) is 6.54 Å². The third-order valence-electron chi connectivity index (χ3n) is 6.32. The lowest BCUT2D eigenvalue weighted by molar-refractivity contribution is 0.0792. The lowest BCUT2D eigenvalue weighted by Crippen LogP contribution is -2.27. The number of nitrogens with one attached hydrogen (secondary N) is 1. The summed E-state index contributed by atoms with van der Waals surface area (Å²) in [4.78, 5) is 28.1. The van der Waals surface area contributed by atoms with Crippen molar-refractivity contribution in [3.8, 4) is 17.0 Å². The van der Waals surface area contributed by atoms with Crippen LogP contribution in [0.1, 0.15) is 39.1 Å². The first-order valence-corrected chi connectivity index (χ1v) is 12.1. The molecule has 4 aromatic rings. The predicted molar refractivity (Wildman–Crippen MR) is 139 cm³/mol. The fourth-order valence-corrected chi connectivity index (χ4v) is 4.43. The lowest BCUT2D eigenvalue weighted by atomic mass is 10.1. The van der Waals surface area contributed by atoms with E-state index in [9.17, 15) is 9.59 Å². The maximum Gasteiger partial charge on any atom is 0.259 e. The number of hydrogen-bond acceptors (Lipinski definition) is 4. The van der Waals surface area contributed by atoms with Crippen LogP contribution < -0.4 is 10.1 Å². The second-order valence-electron chi connectivity index (χ2n) is 8.84. The molecule has 0 spiro atoms. The van der Waals surface area contributed by atoms with Crippen molar-refractivity contribution < 1.29 is 14.3 Å². The number of anilines is 1. The van der Waals surface area contributed by atoms with Crippen LogP contribution in [0.15, 0.2) is 85.1 Å². The first-order chi connectivity index (χ1) is 17.6. The van der Waals surface area contributed by atoms with Crippen molar-refractivity contribution >= 4 is 17.5 Å². The van der Waals surface area contributed by atoms with E-state index in [0.29, 0.717) is 29.1 Å². The van der Waals surface area contributed by atoms with Crippen LogP contribution >= 0.6 is 0 Å². The monoisotopic (exact) mass is 480 g/mol. The average molecular weight is 481 g/mol. The van der Waals surface area contributed by atoms with E-state index in [1.54, 1.807) is 42.3 Å². The van der Waals surface area contributed by atoms with E-state index in [0.717, 1.165) is 42.8 Å².